The van der Waals surface area contributed by atoms with Gasteiger partial charge in [0.25, 0.3) is 0 Å². The minimum absolute atomic E-state index is 0.116. The number of aromatic carboxylic acids is 1. The maximum Gasteiger partial charge on any atom is 0.335 e. The number of nitrogens with zero attached hydrogens (tertiary/aromatic N) is 1. The zero-order valence-electron chi connectivity index (χ0n) is 12.3. The fraction of sp³-hybridized carbons (Fsp3) is 0.312. The summed E-state index contributed by atoms with van der Waals surface area (Å²) in [5.74, 6) is -1.23. The Labute approximate surface area is 127 Å². The highest BCUT2D eigenvalue weighted by atomic mass is 16.5. The average molecular weight is 300 g/mol. The lowest BCUT2D eigenvalue weighted by molar-refractivity contribution is -0.151. The Morgan fingerprint density at radius 2 is 2.05 bits per heavy atom. The Morgan fingerprint density at radius 1 is 1.32 bits per heavy atom. The van der Waals surface area contributed by atoms with Crippen LogP contribution in [0.3, 0.4) is 0 Å². The molecule has 1 fully saturated rings. The number of nitrogens with one attached hydrogen (secondary N) is 1. The van der Waals surface area contributed by atoms with Crippen LogP contribution in [0, 0.1) is 12.3 Å². The Morgan fingerprint density at radius 3 is 2.64 bits per heavy atom. The number of aryl methyl sites for hydroxylation is 1. The van der Waals surface area contributed by atoms with Crippen molar-refractivity contribution in [3.05, 3.63) is 35.5 Å². The van der Waals surface area contributed by atoms with Gasteiger partial charge in [-0.1, -0.05) is 0 Å². The van der Waals surface area contributed by atoms with Gasteiger partial charge in [0.2, 0.25) is 5.91 Å². The standard InChI is InChI=1S/C16H16N2O4/c1-9-3-10-4-11(14(19)20)5-12(13(10)17-6-9)18-15(21)16(2)7-22-8-16/h3-6H,7-8H2,1-2H3,(H,18,21)(H,19,20). The Balaban J connectivity index is 2.06. The fourth-order valence-corrected chi connectivity index (χ4v) is 2.39. The topological polar surface area (TPSA) is 88.5 Å². The zero-order valence-corrected chi connectivity index (χ0v) is 12.3. The maximum absolute atomic E-state index is 12.3. The van der Waals surface area contributed by atoms with Gasteiger partial charge in [-0.05, 0) is 37.6 Å². The van der Waals surface area contributed by atoms with Gasteiger partial charge < -0.3 is 15.2 Å². The maximum atomic E-state index is 12.3. The molecule has 0 aliphatic carbocycles. The number of fused-ring (bicyclic) bond motifs is 1. The number of ether oxygens (including phenoxy) is 1. The van der Waals surface area contributed by atoms with Crippen molar-refractivity contribution in [2.45, 2.75) is 13.8 Å². The summed E-state index contributed by atoms with van der Waals surface area (Å²) in [5, 5.41) is 12.7. The number of carboxylic acids is 1. The van der Waals surface area contributed by atoms with Crippen LogP contribution in [-0.2, 0) is 9.53 Å². The second-order valence-electron chi connectivity index (χ2n) is 5.92. The molecular formula is C16H16N2O4. The number of carboxylic acid groups (broad SMARTS) is 1. The van der Waals surface area contributed by atoms with E-state index in [0.717, 1.165) is 5.56 Å². The number of carbonyl (C=O) groups excluding carboxylic acids is 1. The summed E-state index contributed by atoms with van der Waals surface area (Å²) in [5.41, 5.74) is 1.45. The van der Waals surface area contributed by atoms with Crippen LogP contribution in [0.15, 0.2) is 24.4 Å². The number of anilines is 1. The van der Waals surface area contributed by atoms with Crippen molar-refractivity contribution < 1.29 is 19.4 Å². The first-order chi connectivity index (χ1) is 10.4. The van der Waals surface area contributed by atoms with E-state index in [-0.39, 0.29) is 11.5 Å². The fourth-order valence-electron chi connectivity index (χ4n) is 2.39. The average Bonchev–Trinajstić information content (AvgIpc) is 2.43. The summed E-state index contributed by atoms with van der Waals surface area (Å²) < 4.78 is 5.09. The van der Waals surface area contributed by atoms with E-state index in [0.29, 0.717) is 29.8 Å². The van der Waals surface area contributed by atoms with E-state index in [9.17, 15) is 14.7 Å². The highest BCUT2D eigenvalue weighted by Crippen LogP contribution is 2.30. The summed E-state index contributed by atoms with van der Waals surface area (Å²) >= 11 is 0. The lowest BCUT2D eigenvalue weighted by Crippen LogP contribution is -2.49. The van der Waals surface area contributed by atoms with E-state index < -0.39 is 11.4 Å². The molecule has 6 heteroatoms. The van der Waals surface area contributed by atoms with Gasteiger partial charge in [-0.2, -0.15) is 0 Å². The number of rotatable bonds is 3. The molecule has 3 rings (SSSR count). The SMILES string of the molecule is Cc1cnc2c(NC(=O)C3(C)COC3)cc(C(=O)O)cc2c1. The minimum Gasteiger partial charge on any atom is -0.478 e. The first kappa shape index (κ1) is 14.5. The van der Waals surface area contributed by atoms with E-state index in [4.69, 9.17) is 4.74 Å². The third kappa shape index (κ3) is 2.42. The predicted molar refractivity (Wildman–Crippen MR) is 81.0 cm³/mol. The molecule has 22 heavy (non-hydrogen) atoms. The second-order valence-corrected chi connectivity index (χ2v) is 5.92. The summed E-state index contributed by atoms with van der Waals surface area (Å²) in [4.78, 5) is 27.9. The van der Waals surface area contributed by atoms with Crippen molar-refractivity contribution in [3.8, 4) is 0 Å². The number of aromatic nitrogens is 1. The number of hydrogen-bond acceptors (Lipinski definition) is 4. The van der Waals surface area contributed by atoms with Crippen molar-refractivity contribution in [2.75, 3.05) is 18.5 Å². The van der Waals surface area contributed by atoms with Crippen LogP contribution in [0.4, 0.5) is 5.69 Å². The lowest BCUT2D eigenvalue weighted by Gasteiger charge is -2.36. The summed E-state index contributed by atoms with van der Waals surface area (Å²) in [6, 6.07) is 4.84. The first-order valence-corrected chi connectivity index (χ1v) is 6.92. The van der Waals surface area contributed by atoms with E-state index >= 15 is 0 Å². The van der Waals surface area contributed by atoms with E-state index in [2.05, 4.69) is 10.3 Å². The Hall–Kier alpha value is -2.47. The molecule has 0 bridgehead atoms. The van der Waals surface area contributed by atoms with Gasteiger partial charge in [-0.3, -0.25) is 9.78 Å². The van der Waals surface area contributed by atoms with E-state index in [1.165, 1.54) is 6.07 Å². The molecule has 1 saturated heterocycles. The number of pyridine rings is 1. The van der Waals surface area contributed by atoms with Gasteiger partial charge >= 0.3 is 5.97 Å². The molecule has 0 radical (unpaired) electrons. The van der Waals surface area contributed by atoms with Gasteiger partial charge in [0, 0.05) is 11.6 Å². The van der Waals surface area contributed by atoms with Gasteiger partial charge in [-0.15, -0.1) is 0 Å². The van der Waals surface area contributed by atoms with Gasteiger partial charge in [-0.25, -0.2) is 4.79 Å². The molecule has 2 heterocycles. The molecule has 0 atom stereocenters. The molecule has 1 aromatic carbocycles. The molecule has 1 amide bonds. The highest BCUT2D eigenvalue weighted by molar-refractivity contribution is 6.05. The summed E-state index contributed by atoms with van der Waals surface area (Å²) in [6.45, 7) is 4.42. The third-order valence-electron chi connectivity index (χ3n) is 3.80. The van der Waals surface area contributed by atoms with E-state index in [1.54, 1.807) is 12.3 Å². The molecule has 1 aliphatic rings. The first-order valence-electron chi connectivity index (χ1n) is 6.92. The molecule has 0 unspecified atom stereocenters. The predicted octanol–water partition coefficient (Wildman–Crippen LogP) is 2.22. The molecule has 6 nitrogen and oxygen atoms in total. The second kappa shape index (κ2) is 5.06. The van der Waals surface area contributed by atoms with Crippen LogP contribution in [0.2, 0.25) is 0 Å². The van der Waals surface area contributed by atoms with Gasteiger partial charge in [0.15, 0.2) is 0 Å². The smallest absolute Gasteiger partial charge is 0.335 e. The van der Waals surface area contributed by atoms with Crippen LogP contribution in [0.5, 0.6) is 0 Å². The zero-order chi connectivity index (χ0) is 15.9. The van der Waals surface area contributed by atoms with Gasteiger partial charge in [0.05, 0.1) is 35.4 Å². The molecule has 0 saturated carbocycles. The number of carbonyl (C=O) groups is 2. The molecule has 1 aromatic heterocycles. The van der Waals surface area contributed by atoms with Crippen molar-refractivity contribution in [2.24, 2.45) is 5.41 Å². The minimum atomic E-state index is -1.04. The monoisotopic (exact) mass is 300 g/mol. The van der Waals surface area contributed by atoms with Crippen molar-refractivity contribution in [1.82, 2.24) is 4.98 Å². The van der Waals surface area contributed by atoms with Gasteiger partial charge in [0.1, 0.15) is 0 Å². The van der Waals surface area contributed by atoms with Crippen molar-refractivity contribution in [1.29, 1.82) is 0 Å². The van der Waals surface area contributed by atoms with E-state index in [1.807, 2.05) is 19.9 Å². The molecule has 2 aromatic rings. The van der Waals surface area contributed by atoms with Crippen molar-refractivity contribution in [3.63, 3.8) is 0 Å². The number of amides is 1. The molecule has 114 valence electrons. The quantitative estimate of drug-likeness (QED) is 0.907. The largest absolute Gasteiger partial charge is 0.478 e. The summed E-state index contributed by atoms with van der Waals surface area (Å²) in [6.07, 6.45) is 1.69. The molecule has 1 aliphatic heterocycles. The highest BCUT2D eigenvalue weighted by Gasteiger charge is 2.41. The van der Waals surface area contributed by atoms with Crippen LogP contribution >= 0.6 is 0 Å². The molecular weight excluding hydrogens is 284 g/mol. The van der Waals surface area contributed by atoms with Crippen molar-refractivity contribution >= 4 is 28.5 Å². The van der Waals surface area contributed by atoms with Crippen LogP contribution in [0.25, 0.3) is 10.9 Å². The Kier molecular flexibility index (Phi) is 3.33. The lowest BCUT2D eigenvalue weighted by atomic mass is 9.87. The van der Waals surface area contributed by atoms with Crippen LogP contribution < -0.4 is 5.32 Å². The number of hydrogen-bond donors (Lipinski definition) is 2. The number of benzene rings is 1. The van der Waals surface area contributed by atoms with Crippen LogP contribution in [0.1, 0.15) is 22.8 Å². The summed E-state index contributed by atoms with van der Waals surface area (Å²) in [7, 11) is 0. The van der Waals surface area contributed by atoms with Crippen LogP contribution in [-0.4, -0.2) is 35.2 Å². The normalized spacial score (nSPS) is 16.1. The molecule has 0 spiro atoms. The Bertz CT molecular complexity index is 781. The third-order valence-corrected chi connectivity index (χ3v) is 3.80. The molecule has 2 N–H and O–H groups in total.